The molecule has 4 nitrogen and oxygen atoms in total. The third-order valence-corrected chi connectivity index (χ3v) is 5.14. The fraction of sp³-hybridized carbons (Fsp3) is 0.667. The van der Waals surface area contributed by atoms with E-state index in [1.807, 2.05) is 33.1 Å². The summed E-state index contributed by atoms with van der Waals surface area (Å²) < 4.78 is 0. The van der Waals surface area contributed by atoms with Gasteiger partial charge in [0.25, 0.3) is 0 Å². The highest BCUT2D eigenvalue weighted by Gasteiger charge is 2.42. The van der Waals surface area contributed by atoms with Gasteiger partial charge >= 0.3 is 0 Å². The zero-order valence-corrected chi connectivity index (χ0v) is 14.9. The van der Waals surface area contributed by atoms with E-state index < -0.39 is 11.0 Å². The topological polar surface area (TPSA) is 68.0 Å². The first kappa shape index (κ1) is 18.0. The number of nitrogens with two attached hydrogens (primary N) is 1. The summed E-state index contributed by atoms with van der Waals surface area (Å²) >= 11 is 6.76. The summed E-state index contributed by atoms with van der Waals surface area (Å²) in [5, 5.41) is 5.87. The Morgan fingerprint density at radius 2 is 1.95 bits per heavy atom. The van der Waals surface area contributed by atoms with Crippen LogP contribution in [0.2, 0.25) is 0 Å². The molecule has 0 bridgehead atoms. The largest absolute Gasteiger partial charge is 0.392 e. The normalized spacial score (nSPS) is 12.2. The molecule has 3 N–H and O–H groups in total. The molecule has 1 aromatic heterocycles. The van der Waals surface area contributed by atoms with Crippen molar-refractivity contribution in [2.45, 2.75) is 58.9 Å². The Hall–Kier alpha value is -1.01. The lowest BCUT2D eigenvalue weighted by Gasteiger charge is -2.35. The third-order valence-electron chi connectivity index (χ3n) is 3.65. The van der Waals surface area contributed by atoms with E-state index in [2.05, 4.69) is 10.3 Å². The summed E-state index contributed by atoms with van der Waals surface area (Å²) in [6.45, 7) is 7.99. The first-order valence-corrected chi connectivity index (χ1v) is 8.61. The molecule has 0 saturated carbocycles. The van der Waals surface area contributed by atoms with Gasteiger partial charge in [-0.1, -0.05) is 38.9 Å². The van der Waals surface area contributed by atoms with Crippen molar-refractivity contribution in [2.24, 2.45) is 11.1 Å². The van der Waals surface area contributed by atoms with Crippen LogP contribution in [0, 0.1) is 5.41 Å². The van der Waals surface area contributed by atoms with Crippen molar-refractivity contribution in [3.05, 3.63) is 16.6 Å². The molecule has 1 rings (SSSR count). The van der Waals surface area contributed by atoms with Crippen molar-refractivity contribution in [3.8, 4) is 0 Å². The number of amides is 1. The maximum Gasteiger partial charge on any atom is 0.233 e. The predicted molar refractivity (Wildman–Crippen MR) is 92.3 cm³/mol. The maximum atomic E-state index is 12.9. The van der Waals surface area contributed by atoms with E-state index in [1.54, 1.807) is 6.20 Å². The molecule has 21 heavy (non-hydrogen) atoms. The van der Waals surface area contributed by atoms with Gasteiger partial charge in [-0.25, -0.2) is 4.98 Å². The van der Waals surface area contributed by atoms with Crippen LogP contribution in [-0.4, -0.2) is 15.9 Å². The van der Waals surface area contributed by atoms with Crippen molar-refractivity contribution in [1.29, 1.82) is 0 Å². The molecular formula is C15H25N3OS2. The molecule has 1 aromatic rings. The first-order chi connectivity index (χ1) is 9.80. The third kappa shape index (κ3) is 4.01. The van der Waals surface area contributed by atoms with Crippen molar-refractivity contribution in [2.75, 3.05) is 0 Å². The number of aromatic nitrogens is 1. The van der Waals surface area contributed by atoms with E-state index in [-0.39, 0.29) is 5.91 Å². The smallest absolute Gasteiger partial charge is 0.233 e. The highest BCUT2D eigenvalue weighted by atomic mass is 32.1. The SMILES string of the molecule is CCCC(CCC)(C(=O)NC(C)(C)c1nccs1)C(N)=S. The minimum atomic E-state index is -0.757. The quantitative estimate of drug-likeness (QED) is 0.718. The van der Waals surface area contributed by atoms with Crippen LogP contribution in [0.1, 0.15) is 58.4 Å². The molecule has 118 valence electrons. The van der Waals surface area contributed by atoms with Crippen LogP contribution in [0.25, 0.3) is 0 Å². The van der Waals surface area contributed by atoms with Crippen molar-refractivity contribution >= 4 is 34.5 Å². The van der Waals surface area contributed by atoms with Crippen LogP contribution in [0.4, 0.5) is 0 Å². The summed E-state index contributed by atoms with van der Waals surface area (Å²) in [6.07, 6.45) is 4.82. The number of thiocarbonyl (C=S) groups is 1. The van der Waals surface area contributed by atoms with Crippen LogP contribution >= 0.6 is 23.6 Å². The van der Waals surface area contributed by atoms with Crippen molar-refractivity contribution < 1.29 is 4.79 Å². The zero-order valence-electron chi connectivity index (χ0n) is 13.2. The number of nitrogens with zero attached hydrogens (tertiary/aromatic N) is 1. The molecule has 1 amide bonds. The Balaban J connectivity index is 3.03. The summed E-state index contributed by atoms with van der Waals surface area (Å²) in [5.74, 6) is -0.0844. The van der Waals surface area contributed by atoms with Crippen molar-refractivity contribution in [1.82, 2.24) is 10.3 Å². The van der Waals surface area contributed by atoms with Crippen LogP contribution in [0.5, 0.6) is 0 Å². The lowest BCUT2D eigenvalue weighted by atomic mass is 9.77. The van der Waals surface area contributed by atoms with E-state index in [0.717, 1.165) is 17.8 Å². The maximum absolute atomic E-state index is 12.9. The molecule has 0 unspecified atom stereocenters. The van der Waals surface area contributed by atoms with Gasteiger partial charge in [0.15, 0.2) is 0 Å². The lowest BCUT2D eigenvalue weighted by molar-refractivity contribution is -0.130. The highest BCUT2D eigenvalue weighted by molar-refractivity contribution is 7.80. The molecule has 0 aliphatic carbocycles. The monoisotopic (exact) mass is 327 g/mol. The van der Waals surface area contributed by atoms with Crippen LogP contribution < -0.4 is 11.1 Å². The second-order valence-corrected chi connectivity index (χ2v) is 7.20. The van der Waals surface area contributed by atoms with E-state index >= 15 is 0 Å². The molecule has 6 heteroatoms. The number of nitrogens with one attached hydrogen (secondary N) is 1. The number of hydrogen-bond acceptors (Lipinski definition) is 4. The summed E-state index contributed by atoms with van der Waals surface area (Å²) in [7, 11) is 0. The second-order valence-electron chi connectivity index (χ2n) is 5.86. The Kier molecular flexibility index (Phi) is 6.28. The van der Waals surface area contributed by atoms with Gasteiger partial charge in [0.05, 0.1) is 15.9 Å². The van der Waals surface area contributed by atoms with Gasteiger partial charge < -0.3 is 11.1 Å². The lowest BCUT2D eigenvalue weighted by Crippen LogP contribution is -2.53. The van der Waals surface area contributed by atoms with Crippen LogP contribution in [-0.2, 0) is 10.3 Å². The highest BCUT2D eigenvalue weighted by Crippen LogP contribution is 2.33. The average Bonchev–Trinajstić information content (AvgIpc) is 2.92. The van der Waals surface area contributed by atoms with Gasteiger partial charge in [-0.2, -0.15) is 0 Å². The Morgan fingerprint density at radius 3 is 2.33 bits per heavy atom. The molecule has 1 heterocycles. The Morgan fingerprint density at radius 1 is 1.38 bits per heavy atom. The molecule has 0 radical (unpaired) electrons. The van der Waals surface area contributed by atoms with Gasteiger partial charge in [0.2, 0.25) is 5.91 Å². The average molecular weight is 328 g/mol. The summed E-state index contributed by atoms with van der Waals surface area (Å²) in [5.41, 5.74) is 4.66. The number of rotatable bonds is 8. The van der Waals surface area contributed by atoms with Gasteiger partial charge in [-0.15, -0.1) is 11.3 Å². The molecule has 0 aliphatic heterocycles. The standard InChI is InChI=1S/C15H25N3OS2/c1-5-7-15(8-6-2,11(16)20)12(19)18-14(3,4)13-17-9-10-21-13/h9-10H,5-8H2,1-4H3,(H2,16,20)(H,18,19). The van der Waals surface area contributed by atoms with Gasteiger partial charge in [-0.3, -0.25) is 4.79 Å². The summed E-state index contributed by atoms with van der Waals surface area (Å²) in [6, 6.07) is 0. The Bertz CT molecular complexity index is 477. The molecule has 0 saturated heterocycles. The van der Waals surface area contributed by atoms with Gasteiger partial charge in [0.1, 0.15) is 5.01 Å². The fourth-order valence-electron chi connectivity index (χ4n) is 2.55. The van der Waals surface area contributed by atoms with Gasteiger partial charge in [-0.05, 0) is 26.7 Å². The fourth-order valence-corrected chi connectivity index (χ4v) is 3.57. The minimum absolute atomic E-state index is 0.0844. The number of hydrogen-bond donors (Lipinski definition) is 2. The van der Waals surface area contributed by atoms with Crippen LogP contribution in [0.15, 0.2) is 11.6 Å². The minimum Gasteiger partial charge on any atom is -0.392 e. The predicted octanol–water partition coefficient (Wildman–Crippen LogP) is 3.37. The zero-order chi connectivity index (χ0) is 16.1. The molecule has 0 aliphatic rings. The number of thiazole rings is 1. The van der Waals surface area contributed by atoms with E-state index in [4.69, 9.17) is 18.0 Å². The molecule has 0 spiro atoms. The van der Waals surface area contributed by atoms with E-state index in [1.165, 1.54) is 11.3 Å². The van der Waals surface area contributed by atoms with Gasteiger partial charge in [0, 0.05) is 11.6 Å². The van der Waals surface area contributed by atoms with Crippen molar-refractivity contribution in [3.63, 3.8) is 0 Å². The molecule has 0 atom stereocenters. The first-order valence-electron chi connectivity index (χ1n) is 7.32. The second kappa shape index (κ2) is 7.31. The molecule has 0 aromatic carbocycles. The van der Waals surface area contributed by atoms with Crippen LogP contribution in [0.3, 0.4) is 0 Å². The van der Waals surface area contributed by atoms with E-state index in [0.29, 0.717) is 17.8 Å². The number of carbonyl (C=O) groups is 1. The molecule has 0 fully saturated rings. The van der Waals surface area contributed by atoms with E-state index in [9.17, 15) is 4.79 Å². The Labute approximate surface area is 136 Å². The molecular weight excluding hydrogens is 302 g/mol. The summed E-state index contributed by atoms with van der Waals surface area (Å²) in [4.78, 5) is 17.5. The number of carbonyl (C=O) groups excluding carboxylic acids is 1.